The van der Waals surface area contributed by atoms with Gasteiger partial charge in [0.2, 0.25) is 5.91 Å². The number of hydrogen-bond acceptors (Lipinski definition) is 4. The standard InChI is InChI=1S/C19H30N4O2/c1-15-21-13-16(22(15)2)14-23-11-5-4-8-19(9-6-7-17(19)23)18(24)20-10-12-25-3/h4-5,13,17H,6-12,14H2,1-3H3,(H,20,24)/t17-,19-/m1/s1. The van der Waals surface area contributed by atoms with Gasteiger partial charge in [0.25, 0.3) is 0 Å². The molecule has 3 rings (SSSR count). The molecular formula is C19H30N4O2. The molecule has 6 nitrogen and oxygen atoms in total. The van der Waals surface area contributed by atoms with Gasteiger partial charge in [0.15, 0.2) is 0 Å². The number of ether oxygens (including phenoxy) is 1. The molecule has 0 bridgehead atoms. The lowest BCUT2D eigenvalue weighted by molar-refractivity contribution is -0.134. The molecule has 1 aliphatic carbocycles. The number of amides is 1. The van der Waals surface area contributed by atoms with Crippen LogP contribution in [-0.4, -0.2) is 53.2 Å². The summed E-state index contributed by atoms with van der Waals surface area (Å²) in [5.74, 6) is 1.21. The number of aromatic nitrogens is 2. The molecule has 2 heterocycles. The number of aryl methyl sites for hydroxylation is 1. The van der Waals surface area contributed by atoms with Gasteiger partial charge in [-0.25, -0.2) is 4.98 Å². The zero-order valence-electron chi connectivity index (χ0n) is 15.6. The van der Waals surface area contributed by atoms with E-state index in [4.69, 9.17) is 4.74 Å². The maximum atomic E-state index is 13.1. The van der Waals surface area contributed by atoms with Crippen molar-refractivity contribution in [3.05, 3.63) is 29.9 Å². The molecule has 0 unspecified atom stereocenters. The van der Waals surface area contributed by atoms with Crippen molar-refractivity contribution in [1.29, 1.82) is 0 Å². The Morgan fingerprint density at radius 2 is 2.32 bits per heavy atom. The third kappa shape index (κ3) is 3.51. The van der Waals surface area contributed by atoms with Crippen LogP contribution < -0.4 is 5.32 Å². The fourth-order valence-corrected chi connectivity index (χ4v) is 4.33. The number of nitrogens with zero attached hydrogens (tertiary/aromatic N) is 3. The molecule has 2 atom stereocenters. The van der Waals surface area contributed by atoms with Gasteiger partial charge in [0, 0.05) is 46.0 Å². The zero-order valence-corrected chi connectivity index (χ0v) is 15.6. The molecular weight excluding hydrogens is 316 g/mol. The highest BCUT2D eigenvalue weighted by molar-refractivity contribution is 5.84. The van der Waals surface area contributed by atoms with E-state index in [1.807, 2.05) is 13.1 Å². The predicted molar refractivity (Wildman–Crippen MR) is 97.1 cm³/mol. The fraction of sp³-hybridized carbons (Fsp3) is 0.684. The van der Waals surface area contributed by atoms with Crippen molar-refractivity contribution in [3.8, 4) is 0 Å². The van der Waals surface area contributed by atoms with Gasteiger partial charge < -0.3 is 14.6 Å². The van der Waals surface area contributed by atoms with Gasteiger partial charge in [0.1, 0.15) is 5.82 Å². The number of imidazole rings is 1. The van der Waals surface area contributed by atoms with E-state index in [0.717, 1.165) is 44.6 Å². The SMILES string of the molecule is COCCNC(=O)[C@@]12CC=CCN(Cc3cnc(C)n3C)[C@@H]1CCC2. The van der Waals surface area contributed by atoms with E-state index in [-0.39, 0.29) is 17.4 Å². The van der Waals surface area contributed by atoms with Gasteiger partial charge in [-0.15, -0.1) is 0 Å². The molecule has 1 fully saturated rings. The average Bonchev–Trinajstić information content (AvgIpc) is 3.12. The molecule has 25 heavy (non-hydrogen) atoms. The quantitative estimate of drug-likeness (QED) is 0.630. The highest BCUT2D eigenvalue weighted by Gasteiger charge is 2.50. The Morgan fingerprint density at radius 1 is 1.48 bits per heavy atom. The first-order valence-corrected chi connectivity index (χ1v) is 9.22. The van der Waals surface area contributed by atoms with E-state index in [1.165, 1.54) is 5.69 Å². The smallest absolute Gasteiger partial charge is 0.228 e. The lowest BCUT2D eigenvalue weighted by Gasteiger charge is -2.39. The van der Waals surface area contributed by atoms with Crippen molar-refractivity contribution in [3.63, 3.8) is 0 Å². The number of carbonyl (C=O) groups is 1. The van der Waals surface area contributed by atoms with E-state index in [2.05, 4.69) is 39.0 Å². The maximum absolute atomic E-state index is 13.1. The van der Waals surface area contributed by atoms with Crippen LogP contribution in [0.5, 0.6) is 0 Å². The summed E-state index contributed by atoms with van der Waals surface area (Å²) < 4.78 is 7.22. The first-order chi connectivity index (χ1) is 12.1. The Hall–Kier alpha value is -1.66. The average molecular weight is 346 g/mol. The normalized spacial score (nSPS) is 26.4. The molecule has 1 amide bonds. The highest BCUT2D eigenvalue weighted by Crippen LogP contribution is 2.46. The van der Waals surface area contributed by atoms with Crippen LogP contribution >= 0.6 is 0 Å². The van der Waals surface area contributed by atoms with E-state index in [9.17, 15) is 4.79 Å². The number of carbonyl (C=O) groups excluding carboxylic acids is 1. The molecule has 0 saturated heterocycles. The Kier molecular flexibility index (Phi) is 5.59. The van der Waals surface area contributed by atoms with Crippen molar-refractivity contribution in [2.45, 2.75) is 45.2 Å². The minimum atomic E-state index is -0.311. The van der Waals surface area contributed by atoms with Crippen molar-refractivity contribution < 1.29 is 9.53 Å². The van der Waals surface area contributed by atoms with Gasteiger partial charge in [0.05, 0.1) is 17.7 Å². The second-order valence-corrected chi connectivity index (χ2v) is 7.27. The molecule has 0 aromatic carbocycles. The van der Waals surface area contributed by atoms with E-state index >= 15 is 0 Å². The summed E-state index contributed by atoms with van der Waals surface area (Å²) in [5, 5.41) is 3.10. The second-order valence-electron chi connectivity index (χ2n) is 7.27. The molecule has 0 spiro atoms. The third-order valence-electron chi connectivity index (χ3n) is 5.89. The fourth-order valence-electron chi connectivity index (χ4n) is 4.33. The van der Waals surface area contributed by atoms with Crippen LogP contribution in [0.3, 0.4) is 0 Å². The largest absolute Gasteiger partial charge is 0.383 e. The summed E-state index contributed by atoms with van der Waals surface area (Å²) in [6, 6.07) is 0.278. The van der Waals surface area contributed by atoms with Crippen LogP contribution in [0, 0.1) is 12.3 Å². The predicted octanol–water partition coefficient (Wildman–Crippen LogP) is 1.79. The van der Waals surface area contributed by atoms with Crippen LogP contribution in [0.25, 0.3) is 0 Å². The lowest BCUT2D eigenvalue weighted by atomic mass is 9.78. The van der Waals surface area contributed by atoms with Crippen molar-refractivity contribution in [2.75, 3.05) is 26.8 Å². The van der Waals surface area contributed by atoms with E-state index in [0.29, 0.717) is 13.2 Å². The van der Waals surface area contributed by atoms with Gasteiger partial charge in [-0.1, -0.05) is 18.6 Å². The molecule has 1 aromatic rings. The maximum Gasteiger partial charge on any atom is 0.228 e. The summed E-state index contributed by atoms with van der Waals surface area (Å²) in [7, 11) is 3.72. The molecule has 2 aliphatic rings. The van der Waals surface area contributed by atoms with Crippen LogP contribution in [-0.2, 0) is 23.1 Å². The van der Waals surface area contributed by atoms with Crippen molar-refractivity contribution in [1.82, 2.24) is 19.8 Å². The number of hydrogen-bond donors (Lipinski definition) is 1. The molecule has 1 aromatic heterocycles. The van der Waals surface area contributed by atoms with Gasteiger partial charge in [-0.3, -0.25) is 9.69 Å². The first-order valence-electron chi connectivity index (χ1n) is 9.22. The minimum absolute atomic E-state index is 0.185. The summed E-state index contributed by atoms with van der Waals surface area (Å²) in [6.07, 6.45) is 10.3. The van der Waals surface area contributed by atoms with Gasteiger partial charge >= 0.3 is 0 Å². The molecule has 0 radical (unpaired) electrons. The molecule has 138 valence electrons. The first kappa shape index (κ1) is 18.1. The molecule has 1 saturated carbocycles. The van der Waals surface area contributed by atoms with Crippen molar-refractivity contribution >= 4 is 5.91 Å². The Morgan fingerprint density at radius 3 is 3.04 bits per heavy atom. The summed E-state index contributed by atoms with van der Waals surface area (Å²) in [5.41, 5.74) is 0.891. The zero-order chi connectivity index (χ0) is 17.9. The number of allylic oxidation sites excluding steroid dienone is 1. The number of fused-ring (bicyclic) bond motifs is 1. The van der Waals surface area contributed by atoms with E-state index < -0.39 is 0 Å². The monoisotopic (exact) mass is 346 g/mol. The molecule has 1 aliphatic heterocycles. The topological polar surface area (TPSA) is 59.4 Å². The second kappa shape index (κ2) is 7.70. The van der Waals surface area contributed by atoms with E-state index in [1.54, 1.807) is 7.11 Å². The van der Waals surface area contributed by atoms with Crippen LogP contribution in [0.4, 0.5) is 0 Å². The summed E-state index contributed by atoms with van der Waals surface area (Å²) in [4.78, 5) is 19.9. The number of rotatable bonds is 6. The third-order valence-corrected chi connectivity index (χ3v) is 5.89. The number of methoxy groups -OCH3 is 1. The Balaban J connectivity index is 1.80. The molecule has 6 heteroatoms. The highest BCUT2D eigenvalue weighted by atomic mass is 16.5. The number of nitrogens with one attached hydrogen (secondary N) is 1. The molecule has 1 N–H and O–H groups in total. The van der Waals surface area contributed by atoms with Crippen molar-refractivity contribution in [2.24, 2.45) is 12.5 Å². The summed E-state index contributed by atoms with van der Waals surface area (Å²) in [6.45, 7) is 4.88. The van der Waals surface area contributed by atoms with Gasteiger partial charge in [-0.05, 0) is 26.2 Å². The van der Waals surface area contributed by atoms with Crippen LogP contribution in [0.15, 0.2) is 18.3 Å². The minimum Gasteiger partial charge on any atom is -0.383 e. The van der Waals surface area contributed by atoms with Crippen LogP contribution in [0.1, 0.15) is 37.2 Å². The Labute approximate surface area is 150 Å². The summed E-state index contributed by atoms with van der Waals surface area (Å²) >= 11 is 0. The lowest BCUT2D eigenvalue weighted by Crippen LogP contribution is -2.52. The van der Waals surface area contributed by atoms with Gasteiger partial charge in [-0.2, -0.15) is 0 Å². The Bertz CT molecular complexity index is 639. The van der Waals surface area contributed by atoms with Crippen LogP contribution in [0.2, 0.25) is 0 Å².